The second-order valence-electron chi connectivity index (χ2n) is 3.62. The van der Waals surface area contributed by atoms with Gasteiger partial charge in [-0.1, -0.05) is 22.9 Å². The van der Waals surface area contributed by atoms with Crippen molar-refractivity contribution in [1.29, 1.82) is 0 Å². The zero-order chi connectivity index (χ0) is 12.8. The van der Waals surface area contributed by atoms with Crippen molar-refractivity contribution < 1.29 is 14.3 Å². The largest absolute Gasteiger partial charge is 0.493 e. The molecule has 0 spiro atoms. The minimum absolute atomic E-state index is 0.477. The average molecular weight is 301 g/mol. The molecule has 0 aromatic heterocycles. The third-order valence-corrected chi connectivity index (χ3v) is 3.66. The Labute approximate surface area is 110 Å². The highest BCUT2D eigenvalue weighted by molar-refractivity contribution is 9.10. The Morgan fingerprint density at radius 2 is 2.06 bits per heavy atom. The summed E-state index contributed by atoms with van der Waals surface area (Å²) in [4.78, 5) is 10.5. The molecule has 0 aliphatic rings. The van der Waals surface area contributed by atoms with Gasteiger partial charge < -0.3 is 14.3 Å². The van der Waals surface area contributed by atoms with Crippen LogP contribution < -0.4 is 9.47 Å². The molecule has 0 fully saturated rings. The number of carbonyl (C=O) groups excluding carboxylic acids is 1. The number of methoxy groups -OCH3 is 2. The van der Waals surface area contributed by atoms with Crippen molar-refractivity contribution >= 4 is 22.2 Å². The van der Waals surface area contributed by atoms with Crippen molar-refractivity contribution in [3.63, 3.8) is 0 Å². The first-order valence-electron chi connectivity index (χ1n) is 5.55. The van der Waals surface area contributed by atoms with Crippen molar-refractivity contribution in [1.82, 2.24) is 0 Å². The van der Waals surface area contributed by atoms with Gasteiger partial charge in [0.15, 0.2) is 11.5 Å². The Kier molecular flexibility index (Phi) is 5.48. The van der Waals surface area contributed by atoms with Gasteiger partial charge in [-0.3, -0.25) is 0 Å². The van der Waals surface area contributed by atoms with Crippen molar-refractivity contribution in [2.24, 2.45) is 0 Å². The summed E-state index contributed by atoms with van der Waals surface area (Å²) in [5.41, 5.74) is 2.15. The van der Waals surface area contributed by atoms with E-state index in [0.29, 0.717) is 24.3 Å². The molecule has 1 aromatic carbocycles. The number of hydrogen-bond donors (Lipinski definition) is 0. The summed E-state index contributed by atoms with van der Waals surface area (Å²) in [6.45, 7) is 2.08. The van der Waals surface area contributed by atoms with Crippen LogP contribution in [0.25, 0.3) is 0 Å². The van der Waals surface area contributed by atoms with E-state index in [9.17, 15) is 4.79 Å². The Bertz CT molecular complexity index is 402. The second kappa shape index (κ2) is 6.64. The first kappa shape index (κ1) is 14.0. The zero-order valence-electron chi connectivity index (χ0n) is 10.4. The summed E-state index contributed by atoms with van der Waals surface area (Å²) < 4.78 is 11.7. The molecule has 1 aromatic rings. The standard InChI is InChI=1S/C13H17BrO3/c1-4-9-8-11(16-2)13(17-3)10(12(9)14)6-5-7-15/h7-8H,4-6H2,1-3H3. The lowest BCUT2D eigenvalue weighted by atomic mass is 10.0. The van der Waals surface area contributed by atoms with E-state index in [4.69, 9.17) is 9.47 Å². The molecule has 0 saturated carbocycles. The second-order valence-corrected chi connectivity index (χ2v) is 4.42. The topological polar surface area (TPSA) is 35.5 Å². The average Bonchev–Trinajstić information content (AvgIpc) is 2.36. The van der Waals surface area contributed by atoms with Gasteiger partial charge in [0.25, 0.3) is 0 Å². The van der Waals surface area contributed by atoms with Crippen LogP contribution in [-0.4, -0.2) is 20.5 Å². The number of hydrogen-bond acceptors (Lipinski definition) is 3. The Hall–Kier alpha value is -1.03. The molecule has 4 heteroatoms. The number of ether oxygens (including phenoxy) is 2. The zero-order valence-corrected chi connectivity index (χ0v) is 12.0. The van der Waals surface area contributed by atoms with Crippen LogP contribution >= 0.6 is 15.9 Å². The van der Waals surface area contributed by atoms with E-state index in [1.54, 1.807) is 14.2 Å². The van der Waals surface area contributed by atoms with Crippen molar-refractivity contribution in [3.05, 3.63) is 21.7 Å². The fourth-order valence-corrected chi connectivity index (χ4v) is 2.56. The fraction of sp³-hybridized carbons (Fsp3) is 0.462. The van der Waals surface area contributed by atoms with Gasteiger partial charge in [-0.05, 0) is 24.5 Å². The molecule has 0 radical (unpaired) electrons. The van der Waals surface area contributed by atoms with Gasteiger partial charge in [-0.15, -0.1) is 0 Å². The van der Waals surface area contributed by atoms with E-state index < -0.39 is 0 Å². The van der Waals surface area contributed by atoms with E-state index in [1.807, 2.05) is 6.07 Å². The summed E-state index contributed by atoms with van der Waals surface area (Å²) in [6.07, 6.45) is 2.94. The maximum atomic E-state index is 10.5. The quantitative estimate of drug-likeness (QED) is 0.757. The maximum Gasteiger partial charge on any atom is 0.165 e. The molecule has 1 rings (SSSR count). The summed E-state index contributed by atoms with van der Waals surface area (Å²) in [5.74, 6) is 1.42. The summed E-state index contributed by atoms with van der Waals surface area (Å²) in [6, 6.07) is 1.97. The molecule has 0 unspecified atom stereocenters. The molecule has 0 atom stereocenters. The van der Waals surface area contributed by atoms with Crippen LogP contribution in [0.3, 0.4) is 0 Å². The molecule has 0 bridgehead atoms. The van der Waals surface area contributed by atoms with Crippen LogP contribution in [0.2, 0.25) is 0 Å². The van der Waals surface area contributed by atoms with Gasteiger partial charge in [-0.2, -0.15) is 0 Å². The first-order valence-corrected chi connectivity index (χ1v) is 6.34. The van der Waals surface area contributed by atoms with E-state index in [0.717, 1.165) is 28.3 Å². The smallest absolute Gasteiger partial charge is 0.165 e. The predicted octanol–water partition coefficient (Wildman–Crippen LogP) is 3.16. The molecule has 17 heavy (non-hydrogen) atoms. The van der Waals surface area contributed by atoms with Crippen molar-refractivity contribution in [2.45, 2.75) is 26.2 Å². The molecule has 3 nitrogen and oxygen atoms in total. The highest BCUT2D eigenvalue weighted by atomic mass is 79.9. The molecule has 94 valence electrons. The van der Waals surface area contributed by atoms with Crippen molar-refractivity contribution in [2.75, 3.05) is 14.2 Å². The van der Waals surface area contributed by atoms with Crippen LogP contribution in [-0.2, 0) is 17.6 Å². The Morgan fingerprint density at radius 1 is 1.35 bits per heavy atom. The van der Waals surface area contributed by atoms with Crippen molar-refractivity contribution in [3.8, 4) is 11.5 Å². The maximum absolute atomic E-state index is 10.5. The Morgan fingerprint density at radius 3 is 2.53 bits per heavy atom. The van der Waals surface area contributed by atoms with E-state index in [2.05, 4.69) is 22.9 Å². The molecule has 0 aliphatic heterocycles. The minimum Gasteiger partial charge on any atom is -0.493 e. The van der Waals surface area contributed by atoms with Crippen LogP contribution in [0.4, 0.5) is 0 Å². The van der Waals surface area contributed by atoms with Gasteiger partial charge in [-0.25, -0.2) is 0 Å². The monoisotopic (exact) mass is 300 g/mol. The van der Waals surface area contributed by atoms with Gasteiger partial charge >= 0.3 is 0 Å². The van der Waals surface area contributed by atoms with Crippen LogP contribution in [0, 0.1) is 0 Å². The van der Waals surface area contributed by atoms with Gasteiger partial charge in [0.05, 0.1) is 14.2 Å². The van der Waals surface area contributed by atoms with E-state index in [1.165, 1.54) is 0 Å². The molecule has 0 saturated heterocycles. The van der Waals surface area contributed by atoms with E-state index >= 15 is 0 Å². The predicted molar refractivity (Wildman–Crippen MR) is 71.0 cm³/mol. The number of aryl methyl sites for hydroxylation is 1. The fourth-order valence-electron chi connectivity index (χ4n) is 1.79. The SMILES string of the molecule is CCc1cc(OC)c(OC)c(CCC=O)c1Br. The van der Waals surface area contributed by atoms with Crippen LogP contribution in [0.15, 0.2) is 10.5 Å². The molecule has 0 aliphatic carbocycles. The number of rotatable bonds is 6. The minimum atomic E-state index is 0.477. The summed E-state index contributed by atoms with van der Waals surface area (Å²) in [7, 11) is 3.23. The number of carbonyl (C=O) groups is 1. The van der Waals surface area contributed by atoms with Gasteiger partial charge in [0.2, 0.25) is 0 Å². The Balaban J connectivity index is 3.33. The molecular formula is C13H17BrO3. The number of aldehydes is 1. The lowest BCUT2D eigenvalue weighted by Crippen LogP contribution is -2.01. The van der Waals surface area contributed by atoms with Gasteiger partial charge in [0.1, 0.15) is 6.29 Å². The third kappa shape index (κ3) is 3.00. The lowest BCUT2D eigenvalue weighted by Gasteiger charge is -2.16. The van der Waals surface area contributed by atoms with E-state index in [-0.39, 0.29) is 0 Å². The highest BCUT2D eigenvalue weighted by Gasteiger charge is 2.16. The van der Waals surface area contributed by atoms with Crippen LogP contribution in [0.1, 0.15) is 24.5 Å². The van der Waals surface area contributed by atoms with Gasteiger partial charge in [0, 0.05) is 16.5 Å². The lowest BCUT2D eigenvalue weighted by molar-refractivity contribution is -0.107. The normalized spacial score (nSPS) is 10.1. The number of benzene rings is 1. The van der Waals surface area contributed by atoms with Crippen LogP contribution in [0.5, 0.6) is 11.5 Å². The molecular weight excluding hydrogens is 284 g/mol. The summed E-state index contributed by atoms with van der Waals surface area (Å²) in [5, 5.41) is 0. The third-order valence-electron chi connectivity index (χ3n) is 2.67. The highest BCUT2D eigenvalue weighted by Crippen LogP contribution is 2.39. The molecule has 0 amide bonds. The first-order chi connectivity index (χ1) is 8.19. The molecule has 0 heterocycles. The molecule has 0 N–H and O–H groups in total. The number of halogens is 1. The summed E-state index contributed by atoms with van der Waals surface area (Å²) >= 11 is 3.58.